The molecule has 160 valence electrons. The highest BCUT2D eigenvalue weighted by atomic mass is 32.1. The van der Waals surface area contributed by atoms with Crippen molar-refractivity contribution in [2.24, 2.45) is 0 Å². The molecule has 1 unspecified atom stereocenters. The zero-order valence-corrected chi connectivity index (χ0v) is 17.9. The smallest absolute Gasteiger partial charge is 0.141 e. The van der Waals surface area contributed by atoms with Crippen molar-refractivity contribution in [2.45, 2.75) is 38.5 Å². The number of ether oxygens (including phenoxy) is 1. The molecule has 1 saturated heterocycles. The second kappa shape index (κ2) is 9.70. The van der Waals surface area contributed by atoms with Crippen LogP contribution < -0.4 is 15.0 Å². The fourth-order valence-electron chi connectivity index (χ4n) is 3.77. The van der Waals surface area contributed by atoms with Crippen molar-refractivity contribution in [3.05, 3.63) is 47.1 Å². The maximum Gasteiger partial charge on any atom is 0.141 e. The largest absolute Gasteiger partial charge is 0.491 e. The van der Waals surface area contributed by atoms with Gasteiger partial charge in [-0.1, -0.05) is 12.1 Å². The Kier molecular flexibility index (Phi) is 6.79. The van der Waals surface area contributed by atoms with Crippen molar-refractivity contribution in [3.8, 4) is 5.75 Å². The lowest BCUT2D eigenvalue weighted by molar-refractivity contribution is 0.102. The molecule has 2 aromatic heterocycles. The monoisotopic (exact) mass is 428 g/mol. The highest BCUT2D eigenvalue weighted by Gasteiger charge is 2.22. The molecule has 0 amide bonds. The molecule has 3 aromatic rings. The van der Waals surface area contributed by atoms with E-state index < -0.39 is 6.10 Å². The molecule has 0 saturated carbocycles. The number of aliphatic hydroxyl groups excluding tert-OH is 2. The van der Waals surface area contributed by atoms with Gasteiger partial charge in [-0.05, 0) is 48.9 Å². The van der Waals surface area contributed by atoms with E-state index in [0.29, 0.717) is 18.3 Å². The number of piperidine rings is 1. The standard InChI is InChI=1S/C22H28N4O3S/c1-15-24-21(20-7-10-30-22(20)25-15)26-8-5-17(6-9-26)23-12-18(28)14-29-19-4-2-3-16(11-19)13-27/h2-4,7,10-11,17-18,23,27-28H,5-6,8-9,12-14H2,1H3. The van der Waals surface area contributed by atoms with Crippen LogP contribution in [0.4, 0.5) is 5.82 Å². The lowest BCUT2D eigenvalue weighted by atomic mass is 10.0. The number of nitrogens with one attached hydrogen (secondary N) is 1. The van der Waals surface area contributed by atoms with Gasteiger partial charge >= 0.3 is 0 Å². The number of fused-ring (bicyclic) bond motifs is 1. The van der Waals surface area contributed by atoms with E-state index >= 15 is 0 Å². The van der Waals surface area contributed by atoms with E-state index in [1.807, 2.05) is 25.1 Å². The lowest BCUT2D eigenvalue weighted by Gasteiger charge is -2.34. The number of anilines is 1. The van der Waals surface area contributed by atoms with Gasteiger partial charge in [0.05, 0.1) is 12.0 Å². The Labute approximate surface area is 180 Å². The first-order valence-electron chi connectivity index (χ1n) is 10.3. The third kappa shape index (κ3) is 5.07. The van der Waals surface area contributed by atoms with Gasteiger partial charge in [-0.3, -0.25) is 0 Å². The minimum absolute atomic E-state index is 0.0213. The van der Waals surface area contributed by atoms with Gasteiger partial charge in [0.15, 0.2) is 0 Å². The van der Waals surface area contributed by atoms with E-state index in [0.717, 1.165) is 53.4 Å². The van der Waals surface area contributed by atoms with Crippen LogP contribution in [0.3, 0.4) is 0 Å². The van der Waals surface area contributed by atoms with E-state index in [1.165, 1.54) is 0 Å². The molecule has 0 spiro atoms. The molecule has 1 atom stereocenters. The van der Waals surface area contributed by atoms with E-state index in [9.17, 15) is 10.2 Å². The van der Waals surface area contributed by atoms with Crippen LogP contribution in [-0.2, 0) is 6.61 Å². The number of hydrogen-bond donors (Lipinski definition) is 3. The summed E-state index contributed by atoms with van der Waals surface area (Å²) in [5.74, 6) is 2.51. The number of rotatable bonds is 8. The predicted octanol–water partition coefficient (Wildman–Crippen LogP) is 2.49. The number of aryl methyl sites for hydroxylation is 1. The lowest BCUT2D eigenvalue weighted by Crippen LogP contribution is -2.45. The number of thiophene rings is 1. The fraction of sp³-hybridized carbons (Fsp3) is 0.455. The van der Waals surface area contributed by atoms with Crippen molar-refractivity contribution in [1.29, 1.82) is 0 Å². The molecule has 1 aliphatic heterocycles. The van der Waals surface area contributed by atoms with Crippen LogP contribution in [0.1, 0.15) is 24.2 Å². The Morgan fingerprint density at radius 2 is 2.10 bits per heavy atom. The Morgan fingerprint density at radius 3 is 2.90 bits per heavy atom. The minimum Gasteiger partial charge on any atom is -0.491 e. The van der Waals surface area contributed by atoms with Crippen LogP contribution in [0.2, 0.25) is 0 Å². The molecule has 1 fully saturated rings. The molecule has 30 heavy (non-hydrogen) atoms. The number of benzene rings is 1. The van der Waals surface area contributed by atoms with E-state index in [-0.39, 0.29) is 13.2 Å². The Hall–Kier alpha value is -2.26. The number of aromatic nitrogens is 2. The summed E-state index contributed by atoms with van der Waals surface area (Å²) in [6.45, 7) is 4.50. The van der Waals surface area contributed by atoms with Gasteiger partial charge in [-0.15, -0.1) is 11.3 Å². The predicted molar refractivity (Wildman–Crippen MR) is 119 cm³/mol. The Bertz CT molecular complexity index is 972. The maximum atomic E-state index is 10.3. The summed E-state index contributed by atoms with van der Waals surface area (Å²) in [5, 5.41) is 26.1. The quantitative estimate of drug-likeness (QED) is 0.508. The number of nitrogens with zero attached hydrogens (tertiary/aromatic N) is 3. The molecule has 0 aliphatic carbocycles. The summed E-state index contributed by atoms with van der Waals surface area (Å²) in [6.07, 6.45) is 1.41. The summed E-state index contributed by atoms with van der Waals surface area (Å²) in [4.78, 5) is 12.6. The zero-order chi connectivity index (χ0) is 20.9. The fourth-order valence-corrected chi connectivity index (χ4v) is 4.57. The topological polar surface area (TPSA) is 90.7 Å². The van der Waals surface area contributed by atoms with Gasteiger partial charge in [0.2, 0.25) is 0 Å². The summed E-state index contributed by atoms with van der Waals surface area (Å²) < 4.78 is 5.65. The zero-order valence-electron chi connectivity index (χ0n) is 17.1. The molecule has 3 heterocycles. The molecule has 8 heteroatoms. The summed E-state index contributed by atoms with van der Waals surface area (Å²) in [6, 6.07) is 9.76. The van der Waals surface area contributed by atoms with Crippen molar-refractivity contribution < 1.29 is 14.9 Å². The molecule has 4 rings (SSSR count). The molecule has 1 aromatic carbocycles. The Morgan fingerprint density at radius 1 is 1.27 bits per heavy atom. The second-order valence-corrected chi connectivity index (χ2v) is 8.57. The molecule has 3 N–H and O–H groups in total. The van der Waals surface area contributed by atoms with E-state index in [2.05, 4.69) is 26.6 Å². The van der Waals surface area contributed by atoms with E-state index in [1.54, 1.807) is 17.4 Å². The number of aliphatic hydroxyl groups is 2. The first-order chi connectivity index (χ1) is 14.6. The SMILES string of the molecule is Cc1nc(N2CCC(NCC(O)COc3cccc(CO)c3)CC2)c2ccsc2n1. The first kappa shape index (κ1) is 21.0. The van der Waals surface area contributed by atoms with Crippen molar-refractivity contribution in [2.75, 3.05) is 31.1 Å². The molecule has 0 radical (unpaired) electrons. The van der Waals surface area contributed by atoms with E-state index in [4.69, 9.17) is 9.72 Å². The highest BCUT2D eigenvalue weighted by molar-refractivity contribution is 7.16. The van der Waals surface area contributed by atoms with Crippen molar-refractivity contribution in [1.82, 2.24) is 15.3 Å². The molecule has 1 aliphatic rings. The molecule has 0 bridgehead atoms. The third-order valence-corrected chi connectivity index (χ3v) is 6.18. The summed E-state index contributed by atoms with van der Waals surface area (Å²) in [5.41, 5.74) is 0.797. The highest BCUT2D eigenvalue weighted by Crippen LogP contribution is 2.29. The average molecular weight is 429 g/mol. The average Bonchev–Trinajstić information content (AvgIpc) is 3.24. The van der Waals surface area contributed by atoms with Crippen LogP contribution in [0.5, 0.6) is 5.75 Å². The normalized spacial score (nSPS) is 16.2. The molecular weight excluding hydrogens is 400 g/mol. The second-order valence-electron chi connectivity index (χ2n) is 7.67. The van der Waals surface area contributed by atoms with Gasteiger partial charge < -0.3 is 25.2 Å². The van der Waals surface area contributed by atoms with Gasteiger partial charge in [0.25, 0.3) is 0 Å². The van der Waals surface area contributed by atoms with Gasteiger partial charge in [-0.2, -0.15) is 0 Å². The summed E-state index contributed by atoms with van der Waals surface area (Å²) in [7, 11) is 0. The van der Waals surface area contributed by atoms with Gasteiger partial charge in [0.1, 0.15) is 34.9 Å². The van der Waals surface area contributed by atoms with Gasteiger partial charge in [0, 0.05) is 25.7 Å². The summed E-state index contributed by atoms with van der Waals surface area (Å²) >= 11 is 1.65. The van der Waals surface area contributed by atoms with Crippen LogP contribution in [0, 0.1) is 6.92 Å². The van der Waals surface area contributed by atoms with Gasteiger partial charge in [-0.25, -0.2) is 9.97 Å². The van der Waals surface area contributed by atoms with Crippen LogP contribution >= 0.6 is 11.3 Å². The third-order valence-electron chi connectivity index (χ3n) is 5.38. The van der Waals surface area contributed by atoms with Crippen molar-refractivity contribution >= 4 is 27.4 Å². The van der Waals surface area contributed by atoms with Crippen LogP contribution in [0.25, 0.3) is 10.2 Å². The van der Waals surface area contributed by atoms with Crippen LogP contribution in [0.15, 0.2) is 35.7 Å². The maximum absolute atomic E-state index is 10.3. The minimum atomic E-state index is -0.587. The first-order valence-corrected chi connectivity index (χ1v) is 11.2. The molecular formula is C22H28N4O3S. The van der Waals surface area contributed by atoms with Crippen LogP contribution in [-0.4, -0.2) is 58.6 Å². The van der Waals surface area contributed by atoms with Crippen molar-refractivity contribution in [3.63, 3.8) is 0 Å². The Balaban J connectivity index is 1.23. The molecule has 7 nitrogen and oxygen atoms in total. The number of hydrogen-bond acceptors (Lipinski definition) is 8.